The molecule has 2 rings (SSSR count). The molecule has 0 aromatic heterocycles. The summed E-state index contributed by atoms with van der Waals surface area (Å²) in [4.78, 5) is 27.9. The van der Waals surface area contributed by atoms with Crippen molar-refractivity contribution in [2.75, 3.05) is 6.61 Å². The van der Waals surface area contributed by atoms with Gasteiger partial charge in [0.1, 0.15) is 12.6 Å². The molecule has 0 bridgehead atoms. The number of amides is 2. The zero-order valence-electron chi connectivity index (χ0n) is 12.2. The maximum atomic E-state index is 13.2. The van der Waals surface area contributed by atoms with Crippen LogP contribution in [-0.4, -0.2) is 41.5 Å². The normalized spacial score (nSPS) is 26.2. The van der Waals surface area contributed by atoms with Crippen LogP contribution in [0.25, 0.3) is 10.4 Å². The largest absolute Gasteiger partial charge is 0.447 e. The van der Waals surface area contributed by atoms with Gasteiger partial charge < -0.3 is 4.74 Å². The molecule has 2 fully saturated rings. The molecule has 0 N–H and O–H groups in total. The number of imide groups is 1. The molecule has 122 valence electrons. The second kappa shape index (κ2) is 6.48. The Kier molecular flexibility index (Phi) is 4.85. The number of halogens is 2. The number of nitrogens with zero attached hydrogens (tertiary/aromatic N) is 4. The lowest BCUT2D eigenvalue weighted by molar-refractivity contribution is -0.133. The van der Waals surface area contributed by atoms with E-state index in [9.17, 15) is 18.4 Å². The highest BCUT2D eigenvalue weighted by Gasteiger charge is 2.44. The SMILES string of the molecule is CCC1COC(=O)N1C(=O)C(N=[N+]=[N-])C1CCC(F)(F)CC1. The van der Waals surface area contributed by atoms with E-state index >= 15 is 0 Å². The van der Waals surface area contributed by atoms with Crippen molar-refractivity contribution in [3.63, 3.8) is 0 Å². The molecule has 2 aliphatic rings. The van der Waals surface area contributed by atoms with Gasteiger partial charge in [-0.1, -0.05) is 12.0 Å². The van der Waals surface area contributed by atoms with Gasteiger partial charge in [-0.3, -0.25) is 4.79 Å². The fourth-order valence-corrected chi connectivity index (χ4v) is 2.95. The smallest absolute Gasteiger partial charge is 0.416 e. The summed E-state index contributed by atoms with van der Waals surface area (Å²) in [6.45, 7) is 1.91. The number of carbonyl (C=O) groups excluding carboxylic acids is 2. The Morgan fingerprint density at radius 3 is 2.73 bits per heavy atom. The predicted octanol–water partition coefficient (Wildman–Crippen LogP) is 3.25. The minimum Gasteiger partial charge on any atom is -0.447 e. The maximum Gasteiger partial charge on any atom is 0.416 e. The fourth-order valence-electron chi connectivity index (χ4n) is 2.95. The molecule has 0 radical (unpaired) electrons. The summed E-state index contributed by atoms with van der Waals surface area (Å²) in [5.74, 6) is -3.87. The Bertz CT molecular complexity index is 498. The van der Waals surface area contributed by atoms with Crippen LogP contribution < -0.4 is 0 Å². The maximum absolute atomic E-state index is 13.2. The zero-order valence-corrected chi connectivity index (χ0v) is 12.2. The molecule has 0 aromatic carbocycles. The average Bonchev–Trinajstić information content (AvgIpc) is 2.85. The monoisotopic (exact) mass is 316 g/mol. The average molecular weight is 316 g/mol. The Morgan fingerprint density at radius 2 is 2.18 bits per heavy atom. The number of carbonyl (C=O) groups is 2. The number of alkyl halides is 2. The van der Waals surface area contributed by atoms with Gasteiger partial charge in [0, 0.05) is 17.8 Å². The minimum atomic E-state index is -2.74. The van der Waals surface area contributed by atoms with Gasteiger partial charge in [0.2, 0.25) is 11.8 Å². The fraction of sp³-hybridized carbons (Fsp3) is 0.846. The standard InChI is InChI=1S/C13H18F2N4O3/c1-2-9-7-22-12(21)19(9)11(20)10(17-18-16)8-3-5-13(14,15)6-4-8/h8-10H,2-7H2,1H3. The van der Waals surface area contributed by atoms with Crippen LogP contribution in [0.2, 0.25) is 0 Å². The molecule has 2 unspecified atom stereocenters. The van der Waals surface area contributed by atoms with Crippen LogP contribution in [0.4, 0.5) is 13.6 Å². The highest BCUT2D eigenvalue weighted by molar-refractivity contribution is 5.96. The molecule has 1 aliphatic carbocycles. The summed E-state index contributed by atoms with van der Waals surface area (Å²) < 4.78 is 31.3. The van der Waals surface area contributed by atoms with E-state index in [1.165, 1.54) is 0 Å². The molecule has 1 heterocycles. The Labute approximate surface area is 126 Å². The second-order valence-electron chi connectivity index (χ2n) is 5.69. The van der Waals surface area contributed by atoms with Crippen molar-refractivity contribution in [2.45, 2.75) is 57.0 Å². The first-order valence-corrected chi connectivity index (χ1v) is 7.31. The molecular formula is C13H18F2N4O3. The van der Waals surface area contributed by atoms with Gasteiger partial charge in [-0.2, -0.15) is 0 Å². The van der Waals surface area contributed by atoms with E-state index in [1.54, 1.807) is 6.92 Å². The Balaban J connectivity index is 2.15. The van der Waals surface area contributed by atoms with Crippen molar-refractivity contribution in [3.8, 4) is 0 Å². The van der Waals surface area contributed by atoms with E-state index in [-0.39, 0.29) is 32.3 Å². The number of ether oxygens (including phenoxy) is 1. The first-order valence-electron chi connectivity index (χ1n) is 7.31. The summed E-state index contributed by atoms with van der Waals surface area (Å²) in [6, 6.07) is -1.54. The van der Waals surface area contributed by atoms with Gasteiger partial charge in [0.05, 0.1) is 6.04 Å². The highest BCUT2D eigenvalue weighted by atomic mass is 19.3. The highest BCUT2D eigenvalue weighted by Crippen LogP contribution is 2.39. The number of hydrogen-bond acceptors (Lipinski definition) is 4. The molecule has 22 heavy (non-hydrogen) atoms. The molecule has 7 nitrogen and oxygen atoms in total. The van der Waals surface area contributed by atoms with Gasteiger partial charge in [-0.25, -0.2) is 18.5 Å². The van der Waals surface area contributed by atoms with E-state index in [4.69, 9.17) is 10.3 Å². The summed E-state index contributed by atoms with van der Waals surface area (Å²) in [7, 11) is 0. The van der Waals surface area contributed by atoms with Crippen molar-refractivity contribution < 1.29 is 23.1 Å². The topological polar surface area (TPSA) is 95.4 Å². The minimum absolute atomic E-state index is 0.0854. The third-order valence-corrected chi connectivity index (χ3v) is 4.31. The van der Waals surface area contributed by atoms with Crippen molar-refractivity contribution >= 4 is 12.0 Å². The van der Waals surface area contributed by atoms with E-state index in [2.05, 4.69) is 10.0 Å². The molecule has 0 aromatic rings. The van der Waals surface area contributed by atoms with Crippen LogP contribution in [0.1, 0.15) is 39.0 Å². The lowest BCUT2D eigenvalue weighted by atomic mass is 9.81. The predicted molar refractivity (Wildman–Crippen MR) is 72.1 cm³/mol. The third kappa shape index (κ3) is 3.30. The number of azide groups is 1. The van der Waals surface area contributed by atoms with Crippen LogP contribution in [0.15, 0.2) is 5.11 Å². The van der Waals surface area contributed by atoms with Crippen molar-refractivity contribution in [3.05, 3.63) is 10.4 Å². The number of cyclic esters (lactones) is 1. The molecule has 2 atom stereocenters. The lowest BCUT2D eigenvalue weighted by Gasteiger charge is -2.32. The van der Waals surface area contributed by atoms with Gasteiger partial charge in [-0.15, -0.1) is 0 Å². The lowest BCUT2D eigenvalue weighted by Crippen LogP contribution is -2.47. The van der Waals surface area contributed by atoms with Gasteiger partial charge in [0.25, 0.3) is 0 Å². The van der Waals surface area contributed by atoms with E-state index < -0.39 is 35.9 Å². The molecule has 1 saturated heterocycles. The van der Waals surface area contributed by atoms with E-state index in [0.29, 0.717) is 6.42 Å². The van der Waals surface area contributed by atoms with Crippen molar-refractivity contribution in [1.29, 1.82) is 0 Å². The summed E-state index contributed by atoms with van der Waals surface area (Å²) in [6.07, 6.45) is -0.766. The quantitative estimate of drug-likeness (QED) is 0.452. The van der Waals surface area contributed by atoms with Crippen LogP contribution in [0.3, 0.4) is 0 Å². The Hall–Kier alpha value is -1.89. The Morgan fingerprint density at radius 1 is 1.55 bits per heavy atom. The molecular weight excluding hydrogens is 298 g/mol. The molecule has 1 saturated carbocycles. The number of hydrogen-bond donors (Lipinski definition) is 0. The van der Waals surface area contributed by atoms with Gasteiger partial charge in [-0.05, 0) is 30.7 Å². The van der Waals surface area contributed by atoms with Crippen molar-refractivity contribution in [2.24, 2.45) is 11.0 Å². The summed E-state index contributed by atoms with van der Waals surface area (Å²) >= 11 is 0. The van der Waals surface area contributed by atoms with Crippen LogP contribution in [-0.2, 0) is 9.53 Å². The molecule has 9 heteroatoms. The summed E-state index contributed by atoms with van der Waals surface area (Å²) in [5, 5.41) is 3.48. The van der Waals surface area contributed by atoms with Gasteiger partial charge in [0.15, 0.2) is 0 Å². The summed E-state index contributed by atoms with van der Waals surface area (Å²) in [5.41, 5.74) is 8.67. The third-order valence-electron chi connectivity index (χ3n) is 4.31. The van der Waals surface area contributed by atoms with Crippen LogP contribution in [0, 0.1) is 5.92 Å². The van der Waals surface area contributed by atoms with Gasteiger partial charge >= 0.3 is 6.09 Å². The first kappa shape index (κ1) is 16.5. The first-order chi connectivity index (χ1) is 10.4. The zero-order chi connectivity index (χ0) is 16.3. The molecule has 0 spiro atoms. The molecule has 2 amide bonds. The van der Waals surface area contributed by atoms with Crippen molar-refractivity contribution in [1.82, 2.24) is 4.90 Å². The van der Waals surface area contributed by atoms with Crippen LogP contribution in [0.5, 0.6) is 0 Å². The second-order valence-corrected chi connectivity index (χ2v) is 5.69. The number of rotatable bonds is 4. The van der Waals surface area contributed by atoms with Crippen LogP contribution >= 0.6 is 0 Å². The van der Waals surface area contributed by atoms with E-state index in [0.717, 1.165) is 4.90 Å². The molecule has 1 aliphatic heterocycles. The van der Waals surface area contributed by atoms with E-state index in [1.807, 2.05) is 0 Å².